The summed E-state index contributed by atoms with van der Waals surface area (Å²) >= 11 is 0. The van der Waals surface area contributed by atoms with Crippen LogP contribution in [0.5, 0.6) is 5.75 Å². The van der Waals surface area contributed by atoms with Gasteiger partial charge < -0.3 is 10.2 Å². The molecule has 4 nitrogen and oxygen atoms in total. The van der Waals surface area contributed by atoms with Crippen molar-refractivity contribution in [2.75, 3.05) is 0 Å². The van der Waals surface area contributed by atoms with Crippen LogP contribution in [-0.4, -0.2) is 21.2 Å². The number of nitrogens with zero attached hydrogens (tertiary/aromatic N) is 1. The number of phenolic OH excluding ortho intramolecular Hbond substituents is 1. The van der Waals surface area contributed by atoms with Gasteiger partial charge in [0.2, 0.25) is 0 Å². The largest absolute Gasteiger partial charge is 0.506 e. The minimum atomic E-state index is -0.776. The molecule has 1 aromatic heterocycles. The van der Waals surface area contributed by atoms with Gasteiger partial charge in [-0.05, 0) is 42.4 Å². The van der Waals surface area contributed by atoms with Crippen LogP contribution in [-0.2, 0) is 4.79 Å². The van der Waals surface area contributed by atoms with Crippen LogP contribution in [0.4, 0.5) is 0 Å². The van der Waals surface area contributed by atoms with Gasteiger partial charge in [0.05, 0.1) is 6.42 Å². The zero-order chi connectivity index (χ0) is 13.4. The van der Waals surface area contributed by atoms with E-state index in [-0.39, 0.29) is 18.1 Å². The molecular formula is C15H15NO3. The van der Waals surface area contributed by atoms with Crippen LogP contribution in [0.2, 0.25) is 0 Å². The lowest BCUT2D eigenvalue weighted by Crippen LogP contribution is -2.09. The fraction of sp³-hybridized carbons (Fsp3) is 0.333. The molecule has 0 bridgehead atoms. The van der Waals surface area contributed by atoms with Gasteiger partial charge >= 0.3 is 5.97 Å². The third kappa shape index (κ3) is 2.26. The van der Waals surface area contributed by atoms with Gasteiger partial charge in [-0.25, -0.2) is 0 Å². The van der Waals surface area contributed by atoms with Crippen molar-refractivity contribution in [3.63, 3.8) is 0 Å². The number of pyridine rings is 1. The number of aromatic hydroxyl groups is 1. The lowest BCUT2D eigenvalue weighted by Gasteiger charge is -2.17. The molecule has 2 N–H and O–H groups in total. The fourth-order valence-corrected chi connectivity index (χ4v) is 2.72. The predicted octanol–water partition coefficient (Wildman–Crippen LogP) is 2.91. The van der Waals surface area contributed by atoms with Crippen LogP contribution in [0.3, 0.4) is 0 Å². The highest BCUT2D eigenvalue weighted by atomic mass is 16.4. The number of rotatable bonds is 4. The first-order valence-corrected chi connectivity index (χ1v) is 6.45. The minimum Gasteiger partial charge on any atom is -0.506 e. The van der Waals surface area contributed by atoms with Crippen molar-refractivity contribution in [1.29, 1.82) is 0 Å². The summed E-state index contributed by atoms with van der Waals surface area (Å²) < 4.78 is 0. The molecule has 1 saturated carbocycles. The number of carboxylic acid groups (broad SMARTS) is 1. The van der Waals surface area contributed by atoms with Crippen LogP contribution in [0.15, 0.2) is 30.5 Å². The Kier molecular flexibility index (Phi) is 2.85. The SMILES string of the molecule is O=C(O)CC(c1ccc(O)c2ncccc12)C1CC1. The van der Waals surface area contributed by atoms with Gasteiger partial charge in [0.25, 0.3) is 0 Å². The Bertz CT molecular complexity index is 634. The lowest BCUT2D eigenvalue weighted by molar-refractivity contribution is -0.137. The third-order valence-corrected chi connectivity index (χ3v) is 3.77. The van der Waals surface area contributed by atoms with Gasteiger partial charge in [0.1, 0.15) is 11.3 Å². The molecule has 1 heterocycles. The molecule has 1 aliphatic carbocycles. The van der Waals surface area contributed by atoms with Gasteiger partial charge in [-0.3, -0.25) is 9.78 Å². The van der Waals surface area contributed by atoms with Gasteiger partial charge in [-0.1, -0.05) is 12.1 Å². The van der Waals surface area contributed by atoms with Gasteiger partial charge in [0, 0.05) is 11.6 Å². The molecule has 3 rings (SSSR count). The molecule has 0 saturated heterocycles. The van der Waals surface area contributed by atoms with Gasteiger partial charge in [0.15, 0.2) is 0 Å². The average Bonchev–Trinajstić information content (AvgIpc) is 3.21. The second kappa shape index (κ2) is 4.53. The van der Waals surface area contributed by atoms with E-state index in [0.29, 0.717) is 11.4 Å². The molecule has 4 heteroatoms. The number of aromatic nitrogens is 1. The predicted molar refractivity (Wildman–Crippen MR) is 71.1 cm³/mol. The van der Waals surface area contributed by atoms with E-state index in [4.69, 9.17) is 5.11 Å². The Labute approximate surface area is 110 Å². The summed E-state index contributed by atoms with van der Waals surface area (Å²) in [5, 5.41) is 19.8. The molecule has 1 aromatic carbocycles. The number of phenols is 1. The number of hydrogen-bond donors (Lipinski definition) is 2. The Balaban J connectivity index is 2.12. The summed E-state index contributed by atoms with van der Waals surface area (Å²) in [6.45, 7) is 0. The van der Waals surface area contributed by atoms with Crippen LogP contribution in [0.1, 0.15) is 30.7 Å². The number of fused-ring (bicyclic) bond motifs is 1. The van der Waals surface area contributed by atoms with E-state index in [1.165, 1.54) is 0 Å². The van der Waals surface area contributed by atoms with Crippen molar-refractivity contribution < 1.29 is 15.0 Å². The fourth-order valence-electron chi connectivity index (χ4n) is 2.72. The summed E-state index contributed by atoms with van der Waals surface area (Å²) in [7, 11) is 0. The van der Waals surface area contributed by atoms with E-state index >= 15 is 0 Å². The molecule has 0 amide bonds. The van der Waals surface area contributed by atoms with Crippen LogP contribution < -0.4 is 0 Å². The first-order chi connectivity index (χ1) is 9.16. The molecule has 0 aliphatic heterocycles. The third-order valence-electron chi connectivity index (χ3n) is 3.77. The highest BCUT2D eigenvalue weighted by Crippen LogP contribution is 2.46. The Morgan fingerprint density at radius 3 is 2.84 bits per heavy atom. The van der Waals surface area contributed by atoms with E-state index in [1.807, 2.05) is 18.2 Å². The second-order valence-corrected chi connectivity index (χ2v) is 5.12. The number of benzene rings is 1. The monoisotopic (exact) mass is 257 g/mol. The normalized spacial score (nSPS) is 16.4. The van der Waals surface area contributed by atoms with E-state index in [0.717, 1.165) is 23.8 Å². The van der Waals surface area contributed by atoms with Gasteiger partial charge in [-0.2, -0.15) is 0 Å². The molecular weight excluding hydrogens is 242 g/mol. The summed E-state index contributed by atoms with van der Waals surface area (Å²) in [5.74, 6) is -0.167. The standard InChI is InChI=1S/C15H15NO3/c17-13-6-5-10(11-2-1-7-16-15(11)13)12(8-14(18)19)9-3-4-9/h1-2,5-7,9,12,17H,3-4,8H2,(H,18,19). The maximum absolute atomic E-state index is 11.1. The zero-order valence-electron chi connectivity index (χ0n) is 10.4. The summed E-state index contributed by atoms with van der Waals surface area (Å²) in [6, 6.07) is 7.16. The molecule has 0 spiro atoms. The van der Waals surface area contributed by atoms with Crippen molar-refractivity contribution in [3.05, 3.63) is 36.0 Å². The number of carboxylic acids is 1. The molecule has 19 heavy (non-hydrogen) atoms. The van der Waals surface area contributed by atoms with Crippen molar-refractivity contribution >= 4 is 16.9 Å². The first kappa shape index (κ1) is 12.0. The second-order valence-electron chi connectivity index (χ2n) is 5.12. The highest BCUT2D eigenvalue weighted by molar-refractivity contribution is 5.88. The molecule has 2 aromatic rings. The Morgan fingerprint density at radius 2 is 2.16 bits per heavy atom. The van der Waals surface area contributed by atoms with Crippen molar-refractivity contribution in [2.45, 2.75) is 25.2 Å². The van der Waals surface area contributed by atoms with Crippen molar-refractivity contribution in [3.8, 4) is 5.75 Å². The molecule has 0 radical (unpaired) electrons. The zero-order valence-corrected chi connectivity index (χ0v) is 10.4. The Morgan fingerprint density at radius 1 is 1.37 bits per heavy atom. The number of aliphatic carboxylic acids is 1. The first-order valence-electron chi connectivity index (χ1n) is 6.45. The Hall–Kier alpha value is -2.10. The average molecular weight is 257 g/mol. The summed E-state index contributed by atoms with van der Waals surface area (Å²) in [5.41, 5.74) is 1.54. The molecule has 1 aliphatic rings. The van der Waals surface area contributed by atoms with Crippen molar-refractivity contribution in [2.24, 2.45) is 5.92 Å². The molecule has 1 unspecified atom stereocenters. The minimum absolute atomic E-state index is 0.0183. The van der Waals surface area contributed by atoms with E-state index in [1.54, 1.807) is 12.3 Å². The molecule has 1 fully saturated rings. The van der Waals surface area contributed by atoms with E-state index in [9.17, 15) is 9.90 Å². The van der Waals surface area contributed by atoms with Crippen molar-refractivity contribution in [1.82, 2.24) is 4.98 Å². The van der Waals surface area contributed by atoms with Crippen LogP contribution in [0, 0.1) is 5.92 Å². The molecule has 1 atom stereocenters. The van der Waals surface area contributed by atoms with Gasteiger partial charge in [-0.15, -0.1) is 0 Å². The topological polar surface area (TPSA) is 70.4 Å². The van der Waals surface area contributed by atoms with Crippen LogP contribution in [0.25, 0.3) is 10.9 Å². The van der Waals surface area contributed by atoms with E-state index < -0.39 is 5.97 Å². The van der Waals surface area contributed by atoms with Crippen LogP contribution >= 0.6 is 0 Å². The van der Waals surface area contributed by atoms with E-state index in [2.05, 4.69) is 4.98 Å². The summed E-state index contributed by atoms with van der Waals surface area (Å²) in [6.07, 6.45) is 3.94. The highest BCUT2D eigenvalue weighted by Gasteiger charge is 2.34. The molecule has 98 valence electrons. The lowest BCUT2D eigenvalue weighted by atomic mass is 9.88. The smallest absolute Gasteiger partial charge is 0.303 e. The maximum atomic E-state index is 11.1. The number of hydrogen-bond acceptors (Lipinski definition) is 3. The quantitative estimate of drug-likeness (QED) is 0.883. The summed E-state index contributed by atoms with van der Waals surface area (Å²) in [4.78, 5) is 15.2. The number of carbonyl (C=O) groups is 1. The maximum Gasteiger partial charge on any atom is 0.303 e.